The van der Waals surface area contributed by atoms with E-state index < -0.39 is 0 Å². The summed E-state index contributed by atoms with van der Waals surface area (Å²) in [5, 5.41) is 5.27. The number of amides is 2. The zero-order chi connectivity index (χ0) is 10.1. The molecule has 0 unspecified atom stereocenters. The lowest BCUT2D eigenvalue weighted by molar-refractivity contribution is 0.244. The average molecular weight is 205 g/mol. The molecule has 0 rings (SSSR count). The fourth-order valence-electron chi connectivity index (χ4n) is 0.636. The number of carbonyl (C=O) groups is 1. The van der Waals surface area contributed by atoms with E-state index in [-0.39, 0.29) is 6.03 Å². The van der Waals surface area contributed by atoms with Gasteiger partial charge in [-0.1, -0.05) is 19.9 Å². The number of urea groups is 1. The van der Waals surface area contributed by atoms with Gasteiger partial charge >= 0.3 is 6.03 Å². The second-order valence-electron chi connectivity index (χ2n) is 3.05. The molecule has 76 valence electrons. The molecule has 0 radical (unpaired) electrons. The van der Waals surface area contributed by atoms with Crippen molar-refractivity contribution in [2.24, 2.45) is 5.92 Å². The molecule has 0 aliphatic rings. The van der Waals surface area contributed by atoms with Gasteiger partial charge in [0.2, 0.25) is 0 Å². The van der Waals surface area contributed by atoms with Crippen molar-refractivity contribution in [2.45, 2.75) is 20.3 Å². The van der Waals surface area contributed by atoms with Crippen LogP contribution in [0.25, 0.3) is 0 Å². The maximum atomic E-state index is 11.0. The Hall–Kier alpha value is -0.700. The van der Waals surface area contributed by atoms with Gasteiger partial charge in [-0.2, -0.15) is 0 Å². The first kappa shape index (κ1) is 12.3. The number of halogens is 1. The van der Waals surface area contributed by atoms with E-state index in [9.17, 15) is 4.79 Å². The van der Waals surface area contributed by atoms with Gasteiger partial charge in [0.15, 0.2) is 0 Å². The molecule has 0 atom stereocenters. The topological polar surface area (TPSA) is 41.1 Å². The van der Waals surface area contributed by atoms with Gasteiger partial charge in [0.1, 0.15) is 0 Å². The molecule has 2 amide bonds. The molecule has 0 saturated heterocycles. The van der Waals surface area contributed by atoms with Crippen LogP contribution >= 0.6 is 11.6 Å². The van der Waals surface area contributed by atoms with Crippen LogP contribution in [-0.4, -0.2) is 18.5 Å². The maximum Gasteiger partial charge on any atom is 0.318 e. The Morgan fingerprint density at radius 1 is 1.54 bits per heavy atom. The van der Waals surface area contributed by atoms with Gasteiger partial charge in [0.05, 0.1) is 0 Å². The molecule has 2 N–H and O–H groups in total. The smallest absolute Gasteiger partial charge is 0.318 e. The number of carbonyl (C=O) groups excluding carboxylic acids is 1. The van der Waals surface area contributed by atoms with E-state index in [1.54, 1.807) is 6.20 Å². The van der Waals surface area contributed by atoms with E-state index in [1.165, 1.54) is 0 Å². The molecule has 0 aromatic carbocycles. The fourth-order valence-corrected chi connectivity index (χ4v) is 0.770. The first-order valence-corrected chi connectivity index (χ1v) is 4.97. The van der Waals surface area contributed by atoms with Crippen LogP contribution in [0.4, 0.5) is 4.79 Å². The average Bonchev–Trinajstić information content (AvgIpc) is 2.04. The maximum absolute atomic E-state index is 11.0. The van der Waals surface area contributed by atoms with E-state index in [0.717, 1.165) is 6.42 Å². The van der Waals surface area contributed by atoms with Gasteiger partial charge in [0, 0.05) is 18.6 Å². The van der Waals surface area contributed by atoms with E-state index in [2.05, 4.69) is 10.6 Å². The van der Waals surface area contributed by atoms with Gasteiger partial charge in [-0.25, -0.2) is 4.79 Å². The number of allylic oxidation sites excluding steroid dienone is 1. The Morgan fingerprint density at radius 2 is 2.23 bits per heavy atom. The lowest BCUT2D eigenvalue weighted by Crippen LogP contribution is -2.32. The Kier molecular flexibility index (Phi) is 7.50. The highest BCUT2D eigenvalue weighted by Crippen LogP contribution is 1.90. The molecule has 0 saturated carbocycles. The van der Waals surface area contributed by atoms with Crippen LogP contribution in [0.2, 0.25) is 0 Å². The molecule has 0 aromatic heterocycles. The summed E-state index contributed by atoms with van der Waals surface area (Å²) in [4.78, 5) is 11.0. The van der Waals surface area contributed by atoms with Crippen LogP contribution in [0.3, 0.4) is 0 Å². The van der Waals surface area contributed by atoms with Crippen LogP contribution in [0.1, 0.15) is 20.3 Å². The summed E-state index contributed by atoms with van der Waals surface area (Å²) in [6.07, 6.45) is 4.37. The lowest BCUT2D eigenvalue weighted by atomic mass is 10.2. The molecule has 13 heavy (non-hydrogen) atoms. The minimum Gasteiger partial charge on any atom is -0.338 e. The predicted molar refractivity (Wildman–Crippen MR) is 55.8 cm³/mol. The van der Waals surface area contributed by atoms with Crippen molar-refractivity contribution in [2.75, 3.05) is 12.4 Å². The van der Waals surface area contributed by atoms with E-state index in [1.807, 2.05) is 19.9 Å². The van der Waals surface area contributed by atoms with Crippen molar-refractivity contribution < 1.29 is 4.79 Å². The molecule has 0 bridgehead atoms. The molecule has 4 heteroatoms. The second-order valence-corrected chi connectivity index (χ2v) is 3.42. The fraction of sp³-hybridized carbons (Fsp3) is 0.667. The van der Waals surface area contributed by atoms with Gasteiger partial charge < -0.3 is 10.6 Å². The zero-order valence-corrected chi connectivity index (χ0v) is 8.90. The summed E-state index contributed by atoms with van der Waals surface area (Å²) in [5.41, 5.74) is 0. The third kappa shape index (κ3) is 9.21. The summed E-state index contributed by atoms with van der Waals surface area (Å²) in [5.74, 6) is 1.02. The van der Waals surface area contributed by atoms with E-state index in [0.29, 0.717) is 18.3 Å². The van der Waals surface area contributed by atoms with Crippen molar-refractivity contribution in [3.63, 3.8) is 0 Å². The summed E-state index contributed by atoms with van der Waals surface area (Å²) in [7, 11) is 0. The van der Waals surface area contributed by atoms with Crippen LogP contribution in [-0.2, 0) is 0 Å². The molecule has 0 spiro atoms. The molecular weight excluding hydrogens is 188 g/mol. The number of nitrogens with one attached hydrogen (secondary N) is 2. The molecular formula is C9H17ClN2O. The van der Waals surface area contributed by atoms with Crippen LogP contribution < -0.4 is 10.6 Å². The molecule has 0 heterocycles. The summed E-state index contributed by atoms with van der Waals surface area (Å²) in [6, 6.07) is -0.179. The predicted octanol–water partition coefficient (Wildman–Crippen LogP) is 2.08. The van der Waals surface area contributed by atoms with Crippen LogP contribution in [0.5, 0.6) is 0 Å². The Balaban J connectivity index is 3.40. The zero-order valence-electron chi connectivity index (χ0n) is 8.14. The quantitative estimate of drug-likeness (QED) is 0.523. The van der Waals surface area contributed by atoms with Crippen LogP contribution in [0, 0.1) is 5.92 Å². The third-order valence-corrected chi connectivity index (χ3v) is 1.56. The first-order chi connectivity index (χ1) is 6.16. The SMILES string of the molecule is CC(C)/C=C/NC(=O)NCCCCl. The number of alkyl halides is 1. The highest BCUT2D eigenvalue weighted by Gasteiger charge is 1.94. The van der Waals surface area contributed by atoms with Gasteiger partial charge in [-0.05, 0) is 12.3 Å². The van der Waals surface area contributed by atoms with E-state index in [4.69, 9.17) is 11.6 Å². The highest BCUT2D eigenvalue weighted by molar-refractivity contribution is 6.17. The monoisotopic (exact) mass is 204 g/mol. The summed E-state index contributed by atoms with van der Waals surface area (Å²) in [6.45, 7) is 4.71. The summed E-state index contributed by atoms with van der Waals surface area (Å²) < 4.78 is 0. The first-order valence-electron chi connectivity index (χ1n) is 4.43. The molecule has 0 aliphatic heterocycles. The molecule has 0 aromatic rings. The minimum absolute atomic E-state index is 0.179. The van der Waals surface area contributed by atoms with Crippen molar-refractivity contribution in [1.29, 1.82) is 0 Å². The number of hydrogen-bond acceptors (Lipinski definition) is 1. The van der Waals surface area contributed by atoms with Gasteiger partial charge in [0.25, 0.3) is 0 Å². The Bertz CT molecular complexity index is 169. The lowest BCUT2D eigenvalue weighted by Gasteiger charge is -2.02. The minimum atomic E-state index is -0.179. The molecule has 0 aliphatic carbocycles. The van der Waals surface area contributed by atoms with E-state index >= 15 is 0 Å². The molecule has 3 nitrogen and oxygen atoms in total. The molecule has 0 fully saturated rings. The van der Waals surface area contributed by atoms with Crippen molar-refractivity contribution in [3.8, 4) is 0 Å². The highest BCUT2D eigenvalue weighted by atomic mass is 35.5. The standard InChI is InChI=1S/C9H17ClN2O/c1-8(2)4-7-12-9(13)11-6-3-5-10/h4,7-8H,3,5-6H2,1-2H3,(H2,11,12,13)/b7-4+. The summed E-state index contributed by atoms with van der Waals surface area (Å²) >= 11 is 5.45. The Morgan fingerprint density at radius 3 is 2.77 bits per heavy atom. The van der Waals surface area contributed by atoms with Crippen molar-refractivity contribution >= 4 is 17.6 Å². The number of rotatable bonds is 5. The largest absolute Gasteiger partial charge is 0.338 e. The van der Waals surface area contributed by atoms with Crippen molar-refractivity contribution in [3.05, 3.63) is 12.3 Å². The van der Waals surface area contributed by atoms with Crippen molar-refractivity contribution in [1.82, 2.24) is 10.6 Å². The van der Waals surface area contributed by atoms with Gasteiger partial charge in [-0.15, -0.1) is 11.6 Å². The van der Waals surface area contributed by atoms with Gasteiger partial charge in [-0.3, -0.25) is 0 Å². The number of hydrogen-bond donors (Lipinski definition) is 2. The van der Waals surface area contributed by atoms with Crippen LogP contribution in [0.15, 0.2) is 12.3 Å². The Labute approximate surface area is 84.5 Å². The normalized spacial score (nSPS) is 10.8. The second kappa shape index (κ2) is 7.92. The third-order valence-electron chi connectivity index (χ3n) is 1.29.